The van der Waals surface area contributed by atoms with Crippen molar-refractivity contribution >= 4 is 12.6 Å². The van der Waals surface area contributed by atoms with E-state index in [1.165, 1.54) is 11.1 Å². The summed E-state index contributed by atoms with van der Waals surface area (Å²) in [4.78, 5) is 0. The van der Waals surface area contributed by atoms with Crippen LogP contribution in [-0.2, 0) is 12.0 Å². The molecule has 0 radical (unpaired) electrons. The molecule has 0 atom stereocenters. The molecule has 0 saturated heterocycles. The lowest BCUT2D eigenvalue weighted by atomic mass is 9.85. The maximum Gasteiger partial charge on any atom is 0.122 e. The zero-order chi connectivity index (χ0) is 12.9. The van der Waals surface area contributed by atoms with Crippen molar-refractivity contribution in [3.05, 3.63) is 29.3 Å². The summed E-state index contributed by atoms with van der Waals surface area (Å²) in [5, 5.41) is 3.35. The Morgan fingerprint density at radius 2 is 2.00 bits per heavy atom. The molecule has 0 spiro atoms. The number of ether oxygens (including phenoxy) is 1. The average molecular weight is 253 g/mol. The van der Waals surface area contributed by atoms with Crippen molar-refractivity contribution in [1.29, 1.82) is 0 Å². The molecule has 0 amide bonds. The van der Waals surface area contributed by atoms with E-state index in [0.29, 0.717) is 0 Å². The van der Waals surface area contributed by atoms with E-state index in [1.807, 2.05) is 0 Å². The van der Waals surface area contributed by atoms with Crippen molar-refractivity contribution in [1.82, 2.24) is 5.32 Å². The highest BCUT2D eigenvalue weighted by Crippen LogP contribution is 2.31. The van der Waals surface area contributed by atoms with E-state index in [2.05, 4.69) is 56.9 Å². The minimum Gasteiger partial charge on any atom is -0.496 e. The second-order valence-electron chi connectivity index (χ2n) is 5.19. The lowest BCUT2D eigenvalue weighted by molar-refractivity contribution is 0.397. The second kappa shape index (κ2) is 6.31. The van der Waals surface area contributed by atoms with Gasteiger partial charge in [-0.25, -0.2) is 0 Å². The van der Waals surface area contributed by atoms with Crippen molar-refractivity contribution in [3.8, 4) is 5.75 Å². The molecule has 0 aliphatic carbocycles. The van der Waals surface area contributed by atoms with Gasteiger partial charge in [-0.15, -0.1) is 0 Å². The van der Waals surface area contributed by atoms with Gasteiger partial charge in [0.05, 0.1) is 7.11 Å². The fourth-order valence-corrected chi connectivity index (χ4v) is 1.92. The summed E-state index contributed by atoms with van der Waals surface area (Å²) in [5.41, 5.74) is 2.65. The highest BCUT2D eigenvalue weighted by molar-refractivity contribution is 7.80. The first-order chi connectivity index (χ1) is 7.99. The SMILES string of the molecule is COc1ccc(CNCCS)cc1C(C)(C)C. The van der Waals surface area contributed by atoms with Gasteiger partial charge in [0, 0.05) is 18.8 Å². The first kappa shape index (κ1) is 14.4. The van der Waals surface area contributed by atoms with E-state index in [-0.39, 0.29) is 5.41 Å². The van der Waals surface area contributed by atoms with E-state index < -0.39 is 0 Å². The molecule has 1 rings (SSSR count). The maximum absolute atomic E-state index is 5.42. The monoisotopic (exact) mass is 253 g/mol. The summed E-state index contributed by atoms with van der Waals surface area (Å²) >= 11 is 4.18. The van der Waals surface area contributed by atoms with Gasteiger partial charge in [0.2, 0.25) is 0 Å². The predicted octanol–water partition coefficient (Wildman–Crippen LogP) is 3.01. The van der Waals surface area contributed by atoms with Gasteiger partial charge in [-0.1, -0.05) is 32.9 Å². The molecule has 0 fully saturated rings. The van der Waals surface area contributed by atoms with Gasteiger partial charge in [-0.05, 0) is 22.6 Å². The average Bonchev–Trinajstić information content (AvgIpc) is 2.28. The van der Waals surface area contributed by atoms with Crippen LogP contribution >= 0.6 is 12.6 Å². The summed E-state index contributed by atoms with van der Waals surface area (Å²) in [6.07, 6.45) is 0. The molecule has 96 valence electrons. The zero-order valence-electron chi connectivity index (χ0n) is 11.2. The fourth-order valence-electron chi connectivity index (χ4n) is 1.76. The molecule has 0 saturated carbocycles. The van der Waals surface area contributed by atoms with Crippen LogP contribution in [0.4, 0.5) is 0 Å². The quantitative estimate of drug-likeness (QED) is 0.622. The first-order valence-corrected chi connectivity index (χ1v) is 6.61. The molecule has 0 aromatic heterocycles. The Kier molecular flexibility index (Phi) is 5.34. The summed E-state index contributed by atoms with van der Waals surface area (Å²) in [6, 6.07) is 6.39. The number of hydrogen-bond acceptors (Lipinski definition) is 3. The van der Waals surface area contributed by atoms with Crippen molar-refractivity contribution < 1.29 is 4.74 Å². The largest absolute Gasteiger partial charge is 0.496 e. The molecule has 3 heteroatoms. The van der Waals surface area contributed by atoms with E-state index in [4.69, 9.17) is 4.74 Å². The highest BCUT2D eigenvalue weighted by atomic mass is 32.1. The molecule has 2 nitrogen and oxygen atoms in total. The molecular formula is C14H23NOS. The Balaban J connectivity index is 2.89. The summed E-state index contributed by atoms with van der Waals surface area (Å²) in [5.74, 6) is 1.83. The lowest BCUT2D eigenvalue weighted by Crippen LogP contribution is -2.17. The number of thiol groups is 1. The molecular weight excluding hydrogens is 230 g/mol. The van der Waals surface area contributed by atoms with Crippen molar-refractivity contribution in [2.75, 3.05) is 19.4 Å². The maximum atomic E-state index is 5.42. The molecule has 0 aliphatic rings. The second-order valence-corrected chi connectivity index (χ2v) is 5.63. The number of benzene rings is 1. The summed E-state index contributed by atoms with van der Waals surface area (Å²) in [6.45, 7) is 8.43. The molecule has 1 N–H and O–H groups in total. The Morgan fingerprint density at radius 3 is 2.53 bits per heavy atom. The first-order valence-electron chi connectivity index (χ1n) is 5.98. The number of hydrogen-bond donors (Lipinski definition) is 2. The van der Waals surface area contributed by atoms with E-state index in [0.717, 1.165) is 24.6 Å². The predicted molar refractivity (Wildman–Crippen MR) is 77.3 cm³/mol. The van der Waals surface area contributed by atoms with E-state index >= 15 is 0 Å². The topological polar surface area (TPSA) is 21.3 Å². The lowest BCUT2D eigenvalue weighted by Gasteiger charge is -2.23. The molecule has 0 bridgehead atoms. The third kappa shape index (κ3) is 4.25. The van der Waals surface area contributed by atoms with Crippen molar-refractivity contribution in [2.45, 2.75) is 32.7 Å². The van der Waals surface area contributed by atoms with Crippen molar-refractivity contribution in [3.63, 3.8) is 0 Å². The number of nitrogens with one attached hydrogen (secondary N) is 1. The Morgan fingerprint density at radius 1 is 1.29 bits per heavy atom. The zero-order valence-corrected chi connectivity index (χ0v) is 12.1. The molecule has 1 aromatic carbocycles. The molecule has 0 aliphatic heterocycles. The van der Waals surface area contributed by atoms with Crippen LogP contribution < -0.4 is 10.1 Å². The van der Waals surface area contributed by atoms with E-state index in [1.54, 1.807) is 7.11 Å². The van der Waals surface area contributed by atoms with Gasteiger partial charge in [0.25, 0.3) is 0 Å². The van der Waals surface area contributed by atoms with Gasteiger partial charge < -0.3 is 10.1 Å². The van der Waals surface area contributed by atoms with Crippen molar-refractivity contribution in [2.24, 2.45) is 0 Å². The molecule has 0 heterocycles. The standard InChI is InChI=1S/C14H23NOS/c1-14(2,3)12-9-11(10-15-7-8-17)5-6-13(12)16-4/h5-6,9,15,17H,7-8,10H2,1-4H3. The molecule has 1 aromatic rings. The van der Waals surface area contributed by atoms with E-state index in [9.17, 15) is 0 Å². The number of rotatable bonds is 5. The molecule has 17 heavy (non-hydrogen) atoms. The number of methoxy groups -OCH3 is 1. The summed E-state index contributed by atoms with van der Waals surface area (Å²) in [7, 11) is 1.73. The van der Waals surface area contributed by atoms with Crippen LogP contribution in [-0.4, -0.2) is 19.4 Å². The minimum atomic E-state index is 0.102. The van der Waals surface area contributed by atoms with Gasteiger partial charge in [-0.3, -0.25) is 0 Å². The van der Waals surface area contributed by atoms with Crippen LogP contribution in [0.5, 0.6) is 5.75 Å². The molecule has 0 unspecified atom stereocenters. The van der Waals surface area contributed by atoms with Gasteiger partial charge in [0.15, 0.2) is 0 Å². The van der Waals surface area contributed by atoms with Crippen LogP contribution in [0.1, 0.15) is 31.9 Å². The highest BCUT2D eigenvalue weighted by Gasteiger charge is 2.18. The van der Waals surface area contributed by atoms with Crippen LogP contribution in [0.25, 0.3) is 0 Å². The Hall–Kier alpha value is -0.670. The fraction of sp³-hybridized carbons (Fsp3) is 0.571. The van der Waals surface area contributed by atoms with Crippen LogP contribution in [0, 0.1) is 0 Å². The normalized spacial score (nSPS) is 11.6. The summed E-state index contributed by atoms with van der Waals surface area (Å²) < 4.78 is 5.42. The smallest absolute Gasteiger partial charge is 0.122 e. The van der Waals surface area contributed by atoms with Gasteiger partial charge in [0.1, 0.15) is 5.75 Å². The third-order valence-corrected chi connectivity index (χ3v) is 2.91. The van der Waals surface area contributed by atoms with Gasteiger partial charge in [-0.2, -0.15) is 12.6 Å². The Labute approximate surface area is 110 Å². The third-order valence-electron chi connectivity index (χ3n) is 2.69. The minimum absolute atomic E-state index is 0.102. The Bertz CT molecular complexity index is 358. The van der Waals surface area contributed by atoms with Gasteiger partial charge >= 0.3 is 0 Å². The van der Waals surface area contributed by atoms with Crippen LogP contribution in [0.2, 0.25) is 0 Å². The van der Waals surface area contributed by atoms with Crippen LogP contribution in [0.3, 0.4) is 0 Å². The van der Waals surface area contributed by atoms with Crippen LogP contribution in [0.15, 0.2) is 18.2 Å².